The van der Waals surface area contributed by atoms with Crippen molar-refractivity contribution in [1.82, 2.24) is 15.3 Å². The van der Waals surface area contributed by atoms with E-state index in [4.69, 9.17) is 5.26 Å². The predicted molar refractivity (Wildman–Crippen MR) is 69.0 cm³/mol. The van der Waals surface area contributed by atoms with Gasteiger partial charge in [0.15, 0.2) is 0 Å². The van der Waals surface area contributed by atoms with Crippen molar-refractivity contribution >= 4 is 5.91 Å². The molecule has 0 spiro atoms. The van der Waals surface area contributed by atoms with Crippen molar-refractivity contribution in [2.45, 2.75) is 13.0 Å². The molecule has 0 aliphatic carbocycles. The molecule has 5 nitrogen and oxygen atoms in total. The molecule has 0 bridgehead atoms. The lowest BCUT2D eigenvalue weighted by atomic mass is 10.1. The Labute approximate surface area is 115 Å². The highest BCUT2D eigenvalue weighted by Gasteiger charge is 2.13. The quantitative estimate of drug-likeness (QED) is 0.924. The number of nitriles is 1. The van der Waals surface area contributed by atoms with Gasteiger partial charge in [-0.3, -0.25) is 4.79 Å². The van der Waals surface area contributed by atoms with Gasteiger partial charge in [-0.2, -0.15) is 5.26 Å². The molecule has 1 aromatic heterocycles. The van der Waals surface area contributed by atoms with Crippen LogP contribution in [0.3, 0.4) is 0 Å². The number of nitrogens with one attached hydrogen (secondary N) is 1. The fourth-order valence-electron chi connectivity index (χ4n) is 1.70. The van der Waals surface area contributed by atoms with Gasteiger partial charge in [0, 0.05) is 11.8 Å². The van der Waals surface area contributed by atoms with Crippen molar-refractivity contribution in [2.75, 3.05) is 0 Å². The molecule has 2 rings (SSSR count). The fourth-order valence-corrected chi connectivity index (χ4v) is 1.70. The third-order valence-electron chi connectivity index (χ3n) is 2.69. The lowest BCUT2D eigenvalue weighted by Gasteiger charge is -2.13. The zero-order valence-electron chi connectivity index (χ0n) is 10.7. The maximum Gasteiger partial charge on any atom is 0.251 e. The third kappa shape index (κ3) is 3.14. The number of halogens is 1. The maximum absolute atomic E-state index is 13.3. The molecule has 0 unspecified atom stereocenters. The maximum atomic E-state index is 13.3. The molecule has 20 heavy (non-hydrogen) atoms. The van der Waals surface area contributed by atoms with Gasteiger partial charge in [-0.15, -0.1) is 0 Å². The second kappa shape index (κ2) is 5.89. The van der Waals surface area contributed by atoms with Gasteiger partial charge in [0.25, 0.3) is 5.91 Å². The first-order valence-electron chi connectivity index (χ1n) is 5.87. The number of aromatic nitrogens is 2. The summed E-state index contributed by atoms with van der Waals surface area (Å²) >= 11 is 0. The molecule has 0 aliphatic heterocycles. The molecular formula is C14H11FN4O. The third-order valence-corrected chi connectivity index (χ3v) is 2.69. The normalized spacial score (nSPS) is 11.4. The Morgan fingerprint density at radius 2 is 2.25 bits per heavy atom. The number of amides is 1. The van der Waals surface area contributed by atoms with E-state index in [1.807, 2.05) is 6.07 Å². The molecule has 1 atom stereocenters. The standard InChI is InChI=1S/C14H11FN4O/c1-9(13-2-3-17-8-18-13)19-14(20)11-4-10(7-16)5-12(15)6-11/h2-6,8-9H,1H3,(H,19,20)/t9-/m0/s1. The number of rotatable bonds is 3. The van der Waals surface area contributed by atoms with E-state index in [-0.39, 0.29) is 17.2 Å². The Morgan fingerprint density at radius 3 is 2.90 bits per heavy atom. The average Bonchev–Trinajstić information content (AvgIpc) is 2.47. The molecule has 1 N–H and O–H groups in total. The van der Waals surface area contributed by atoms with Gasteiger partial charge in [-0.05, 0) is 31.2 Å². The van der Waals surface area contributed by atoms with Crippen molar-refractivity contribution in [3.05, 3.63) is 59.4 Å². The van der Waals surface area contributed by atoms with Crippen LogP contribution < -0.4 is 5.32 Å². The summed E-state index contributed by atoms with van der Waals surface area (Å²) in [5, 5.41) is 11.4. The van der Waals surface area contributed by atoms with E-state index in [0.717, 1.165) is 12.1 Å². The molecule has 0 fully saturated rings. The SMILES string of the molecule is C[C@H](NC(=O)c1cc(F)cc(C#N)c1)c1ccncn1. The van der Waals surface area contributed by atoms with E-state index in [0.29, 0.717) is 5.69 Å². The number of hydrogen-bond donors (Lipinski definition) is 1. The molecule has 1 amide bonds. The highest BCUT2D eigenvalue weighted by atomic mass is 19.1. The molecule has 0 radical (unpaired) electrons. The number of nitrogens with zero attached hydrogens (tertiary/aromatic N) is 3. The predicted octanol–water partition coefficient (Wildman–Crippen LogP) is 1.98. The molecule has 0 saturated carbocycles. The van der Waals surface area contributed by atoms with Crippen LogP contribution in [-0.4, -0.2) is 15.9 Å². The minimum absolute atomic E-state index is 0.0995. The van der Waals surface area contributed by atoms with Crippen molar-refractivity contribution < 1.29 is 9.18 Å². The molecule has 0 aliphatic rings. The summed E-state index contributed by atoms with van der Waals surface area (Å²) in [7, 11) is 0. The van der Waals surface area contributed by atoms with Gasteiger partial charge >= 0.3 is 0 Å². The van der Waals surface area contributed by atoms with Crippen LogP contribution in [0.2, 0.25) is 0 Å². The summed E-state index contributed by atoms with van der Waals surface area (Å²) in [4.78, 5) is 19.8. The van der Waals surface area contributed by atoms with Crippen molar-refractivity contribution in [3.63, 3.8) is 0 Å². The van der Waals surface area contributed by atoms with Crippen LogP contribution >= 0.6 is 0 Å². The average molecular weight is 270 g/mol. The summed E-state index contributed by atoms with van der Waals surface area (Å²) in [6, 6.07) is 6.64. The number of carbonyl (C=O) groups is 1. The number of carbonyl (C=O) groups excluding carboxylic acids is 1. The Kier molecular flexibility index (Phi) is 4.01. The molecular weight excluding hydrogens is 259 g/mol. The van der Waals surface area contributed by atoms with Crippen molar-refractivity contribution in [1.29, 1.82) is 5.26 Å². The van der Waals surface area contributed by atoms with Crippen LogP contribution in [-0.2, 0) is 0 Å². The summed E-state index contributed by atoms with van der Waals surface area (Å²) in [5.74, 6) is -1.09. The second-order valence-electron chi connectivity index (χ2n) is 4.17. The highest BCUT2D eigenvalue weighted by molar-refractivity contribution is 5.94. The molecule has 6 heteroatoms. The Hall–Kier alpha value is -2.81. The van der Waals surface area contributed by atoms with Crippen LogP contribution in [0, 0.1) is 17.1 Å². The number of hydrogen-bond acceptors (Lipinski definition) is 4. The van der Waals surface area contributed by atoms with Crippen LogP contribution in [0.5, 0.6) is 0 Å². The summed E-state index contributed by atoms with van der Waals surface area (Å²) in [5.41, 5.74) is 0.845. The molecule has 100 valence electrons. The van der Waals surface area contributed by atoms with Gasteiger partial charge in [-0.1, -0.05) is 0 Å². The van der Waals surface area contributed by atoms with E-state index in [1.165, 1.54) is 12.4 Å². The smallest absolute Gasteiger partial charge is 0.251 e. The van der Waals surface area contributed by atoms with E-state index in [9.17, 15) is 9.18 Å². The van der Waals surface area contributed by atoms with E-state index in [1.54, 1.807) is 19.2 Å². The molecule has 2 aromatic rings. The zero-order chi connectivity index (χ0) is 14.5. The molecule has 0 saturated heterocycles. The lowest BCUT2D eigenvalue weighted by molar-refractivity contribution is 0.0938. The van der Waals surface area contributed by atoms with Crippen LogP contribution in [0.25, 0.3) is 0 Å². The second-order valence-corrected chi connectivity index (χ2v) is 4.17. The first-order chi connectivity index (χ1) is 9.60. The minimum atomic E-state index is -0.621. The van der Waals surface area contributed by atoms with E-state index in [2.05, 4.69) is 15.3 Å². The largest absolute Gasteiger partial charge is 0.344 e. The van der Waals surface area contributed by atoms with Crippen molar-refractivity contribution in [2.24, 2.45) is 0 Å². The van der Waals surface area contributed by atoms with Gasteiger partial charge < -0.3 is 5.32 Å². The van der Waals surface area contributed by atoms with E-state index < -0.39 is 11.7 Å². The number of benzene rings is 1. The Morgan fingerprint density at radius 1 is 1.45 bits per heavy atom. The monoisotopic (exact) mass is 270 g/mol. The molecule has 1 heterocycles. The van der Waals surface area contributed by atoms with Crippen LogP contribution in [0.1, 0.15) is 34.6 Å². The zero-order valence-corrected chi connectivity index (χ0v) is 10.7. The van der Waals surface area contributed by atoms with Gasteiger partial charge in [0.1, 0.15) is 12.1 Å². The Bertz CT molecular complexity index is 667. The van der Waals surface area contributed by atoms with Gasteiger partial charge in [0.2, 0.25) is 0 Å². The van der Waals surface area contributed by atoms with E-state index >= 15 is 0 Å². The molecule has 1 aromatic carbocycles. The summed E-state index contributed by atoms with van der Waals surface area (Å²) < 4.78 is 13.3. The van der Waals surface area contributed by atoms with Gasteiger partial charge in [-0.25, -0.2) is 14.4 Å². The van der Waals surface area contributed by atoms with Gasteiger partial charge in [0.05, 0.1) is 23.4 Å². The van der Waals surface area contributed by atoms with Crippen LogP contribution in [0.15, 0.2) is 36.8 Å². The van der Waals surface area contributed by atoms with Crippen LogP contribution in [0.4, 0.5) is 4.39 Å². The van der Waals surface area contributed by atoms with Crippen molar-refractivity contribution in [3.8, 4) is 6.07 Å². The summed E-state index contributed by atoms with van der Waals surface area (Å²) in [6.45, 7) is 1.75. The highest BCUT2D eigenvalue weighted by Crippen LogP contribution is 2.12. The minimum Gasteiger partial charge on any atom is -0.344 e. The fraction of sp³-hybridized carbons (Fsp3) is 0.143. The Balaban J connectivity index is 2.17. The lowest BCUT2D eigenvalue weighted by Crippen LogP contribution is -2.27. The topological polar surface area (TPSA) is 78.7 Å². The summed E-state index contributed by atoms with van der Waals surface area (Å²) in [6.07, 6.45) is 2.95. The first-order valence-corrected chi connectivity index (χ1v) is 5.87. The first kappa shape index (κ1) is 13.6.